The summed E-state index contributed by atoms with van der Waals surface area (Å²) in [4.78, 5) is 8.27. The van der Waals surface area contributed by atoms with Crippen molar-refractivity contribution in [2.45, 2.75) is 13.3 Å². The quantitative estimate of drug-likeness (QED) is 0.717. The molecular weight excluding hydrogens is 172 g/mol. The molecule has 2 aromatic heterocycles. The maximum atomic E-state index is 4.27. The summed E-state index contributed by atoms with van der Waals surface area (Å²) in [6, 6.07) is 8.16. The molecule has 0 atom stereocenters. The highest BCUT2D eigenvalue weighted by Crippen LogP contribution is 2.18. The van der Waals surface area contributed by atoms with Crippen LogP contribution in [-0.4, -0.2) is 9.97 Å². The summed E-state index contributed by atoms with van der Waals surface area (Å²) < 4.78 is 0. The number of nitrogens with zero attached hydrogens (tertiary/aromatic N) is 2. The zero-order chi connectivity index (χ0) is 9.80. The van der Waals surface area contributed by atoms with Crippen LogP contribution in [0, 0.1) is 0 Å². The predicted molar refractivity (Wildman–Crippen MR) is 56.8 cm³/mol. The molecule has 0 aliphatic rings. The molecule has 0 amide bonds. The number of pyridine rings is 2. The molecule has 0 spiro atoms. The Morgan fingerprint density at radius 3 is 2.43 bits per heavy atom. The number of hydrogen-bond acceptors (Lipinski definition) is 2. The van der Waals surface area contributed by atoms with Crippen LogP contribution < -0.4 is 0 Å². The zero-order valence-corrected chi connectivity index (χ0v) is 8.14. The lowest BCUT2D eigenvalue weighted by Crippen LogP contribution is -1.87. The van der Waals surface area contributed by atoms with E-state index < -0.39 is 0 Å². The third-order valence-corrected chi connectivity index (χ3v) is 2.19. The van der Waals surface area contributed by atoms with Crippen LogP contribution in [0.5, 0.6) is 0 Å². The van der Waals surface area contributed by atoms with Gasteiger partial charge in [-0.15, -0.1) is 0 Å². The average Bonchev–Trinajstić information content (AvgIpc) is 2.30. The highest BCUT2D eigenvalue weighted by molar-refractivity contribution is 5.62. The van der Waals surface area contributed by atoms with E-state index in [4.69, 9.17) is 0 Å². The minimum atomic E-state index is 0.971. The lowest BCUT2D eigenvalue weighted by molar-refractivity contribution is 1.04. The highest BCUT2D eigenvalue weighted by atomic mass is 14.7. The minimum absolute atomic E-state index is 0.971. The van der Waals surface area contributed by atoms with Crippen molar-refractivity contribution in [3.05, 3.63) is 48.5 Å². The van der Waals surface area contributed by atoms with Crippen LogP contribution >= 0.6 is 0 Å². The molecule has 2 aromatic rings. The first-order valence-electron chi connectivity index (χ1n) is 4.75. The van der Waals surface area contributed by atoms with Gasteiger partial charge in [-0.1, -0.05) is 6.92 Å². The lowest BCUT2D eigenvalue weighted by Gasteiger charge is -2.02. The molecule has 70 valence electrons. The van der Waals surface area contributed by atoms with Gasteiger partial charge in [0.2, 0.25) is 0 Å². The van der Waals surface area contributed by atoms with Crippen LogP contribution in [-0.2, 0) is 6.42 Å². The van der Waals surface area contributed by atoms with Gasteiger partial charge < -0.3 is 0 Å². The van der Waals surface area contributed by atoms with E-state index in [1.165, 1.54) is 11.1 Å². The topological polar surface area (TPSA) is 25.8 Å². The van der Waals surface area contributed by atoms with Gasteiger partial charge >= 0.3 is 0 Å². The predicted octanol–water partition coefficient (Wildman–Crippen LogP) is 2.71. The van der Waals surface area contributed by atoms with Gasteiger partial charge in [-0.2, -0.15) is 0 Å². The van der Waals surface area contributed by atoms with E-state index in [0.717, 1.165) is 12.1 Å². The van der Waals surface area contributed by atoms with Crippen LogP contribution in [0.4, 0.5) is 0 Å². The van der Waals surface area contributed by atoms with Gasteiger partial charge in [-0.05, 0) is 41.8 Å². The van der Waals surface area contributed by atoms with Crippen LogP contribution in [0.2, 0.25) is 0 Å². The Morgan fingerprint density at radius 1 is 1.00 bits per heavy atom. The molecule has 0 fully saturated rings. The highest BCUT2D eigenvalue weighted by Gasteiger charge is 1.97. The van der Waals surface area contributed by atoms with Crippen molar-refractivity contribution < 1.29 is 0 Å². The van der Waals surface area contributed by atoms with Gasteiger partial charge in [0.25, 0.3) is 0 Å². The Bertz CT molecular complexity index is 410. The van der Waals surface area contributed by atoms with Gasteiger partial charge in [-0.3, -0.25) is 9.97 Å². The first-order valence-corrected chi connectivity index (χ1v) is 4.75. The standard InChI is InChI=1S/C12H12N2/c1-2-12-9-11(5-8-14-12)10-3-6-13-7-4-10/h3-9H,2H2,1H3. The second-order valence-electron chi connectivity index (χ2n) is 3.13. The summed E-state index contributed by atoms with van der Waals surface area (Å²) in [7, 11) is 0. The van der Waals surface area contributed by atoms with Gasteiger partial charge in [-0.25, -0.2) is 0 Å². The van der Waals surface area contributed by atoms with Crippen molar-refractivity contribution in [1.82, 2.24) is 9.97 Å². The molecule has 0 aromatic carbocycles. The summed E-state index contributed by atoms with van der Waals surface area (Å²) in [6.45, 7) is 2.11. The monoisotopic (exact) mass is 184 g/mol. The largest absolute Gasteiger partial charge is 0.265 e. The number of hydrogen-bond donors (Lipinski definition) is 0. The normalized spacial score (nSPS) is 10.1. The van der Waals surface area contributed by atoms with E-state index >= 15 is 0 Å². The van der Waals surface area contributed by atoms with E-state index in [2.05, 4.69) is 23.0 Å². The molecule has 2 heteroatoms. The fourth-order valence-electron chi connectivity index (χ4n) is 1.40. The van der Waals surface area contributed by atoms with Gasteiger partial charge in [0.1, 0.15) is 0 Å². The maximum absolute atomic E-state index is 4.27. The van der Waals surface area contributed by atoms with E-state index in [1.54, 1.807) is 12.4 Å². The van der Waals surface area contributed by atoms with Crippen LogP contribution in [0.3, 0.4) is 0 Å². The summed E-state index contributed by atoms with van der Waals surface area (Å²) in [5, 5.41) is 0. The number of aryl methyl sites for hydroxylation is 1. The van der Waals surface area contributed by atoms with Crippen LogP contribution in [0.15, 0.2) is 42.9 Å². The molecule has 0 saturated heterocycles. The molecule has 0 aliphatic carbocycles. The SMILES string of the molecule is CCc1cc(-c2ccncc2)ccn1. The molecule has 0 unspecified atom stereocenters. The maximum Gasteiger partial charge on any atom is 0.0407 e. The average molecular weight is 184 g/mol. The molecule has 2 heterocycles. The molecule has 0 N–H and O–H groups in total. The van der Waals surface area contributed by atoms with Crippen molar-refractivity contribution in [3.63, 3.8) is 0 Å². The molecule has 2 rings (SSSR count). The Morgan fingerprint density at radius 2 is 1.71 bits per heavy atom. The Hall–Kier alpha value is -1.70. The van der Waals surface area contributed by atoms with Gasteiger partial charge in [0.05, 0.1) is 0 Å². The van der Waals surface area contributed by atoms with Crippen molar-refractivity contribution in [2.75, 3.05) is 0 Å². The van der Waals surface area contributed by atoms with Crippen molar-refractivity contribution in [1.29, 1.82) is 0 Å². The zero-order valence-electron chi connectivity index (χ0n) is 8.14. The van der Waals surface area contributed by atoms with Gasteiger partial charge in [0.15, 0.2) is 0 Å². The Kier molecular flexibility index (Phi) is 2.54. The summed E-state index contributed by atoms with van der Waals surface area (Å²) >= 11 is 0. The van der Waals surface area contributed by atoms with Crippen molar-refractivity contribution >= 4 is 0 Å². The number of aromatic nitrogens is 2. The molecule has 2 nitrogen and oxygen atoms in total. The first-order chi connectivity index (χ1) is 6.90. The van der Waals surface area contributed by atoms with E-state index in [9.17, 15) is 0 Å². The minimum Gasteiger partial charge on any atom is -0.265 e. The Labute approximate surface area is 83.7 Å². The van der Waals surface area contributed by atoms with E-state index in [-0.39, 0.29) is 0 Å². The first kappa shape index (κ1) is 8.88. The Balaban J connectivity index is 2.42. The molecule has 0 aliphatic heterocycles. The fraction of sp³-hybridized carbons (Fsp3) is 0.167. The third-order valence-electron chi connectivity index (χ3n) is 2.19. The summed E-state index contributed by atoms with van der Waals surface area (Å²) in [5.74, 6) is 0. The third kappa shape index (κ3) is 1.79. The summed E-state index contributed by atoms with van der Waals surface area (Å²) in [5.41, 5.74) is 3.52. The summed E-state index contributed by atoms with van der Waals surface area (Å²) in [6.07, 6.45) is 6.44. The fourth-order valence-corrected chi connectivity index (χ4v) is 1.40. The van der Waals surface area contributed by atoms with Crippen LogP contribution in [0.1, 0.15) is 12.6 Å². The van der Waals surface area contributed by atoms with Crippen LogP contribution in [0.25, 0.3) is 11.1 Å². The molecule has 0 saturated carbocycles. The second kappa shape index (κ2) is 4.01. The van der Waals surface area contributed by atoms with E-state index in [1.807, 2.05) is 24.4 Å². The molecular formula is C12H12N2. The lowest BCUT2D eigenvalue weighted by atomic mass is 10.1. The molecule has 0 radical (unpaired) electrons. The molecule has 14 heavy (non-hydrogen) atoms. The van der Waals surface area contributed by atoms with Crippen molar-refractivity contribution in [3.8, 4) is 11.1 Å². The van der Waals surface area contributed by atoms with E-state index in [0.29, 0.717) is 0 Å². The second-order valence-corrected chi connectivity index (χ2v) is 3.13. The van der Waals surface area contributed by atoms with Crippen molar-refractivity contribution in [2.24, 2.45) is 0 Å². The molecule has 0 bridgehead atoms. The smallest absolute Gasteiger partial charge is 0.0407 e. The number of rotatable bonds is 2. The van der Waals surface area contributed by atoms with Gasteiger partial charge in [0, 0.05) is 24.3 Å².